The van der Waals surface area contributed by atoms with Gasteiger partial charge in [0.25, 0.3) is 0 Å². The van der Waals surface area contributed by atoms with Crippen LogP contribution in [0.15, 0.2) is 13.6 Å². The number of thiophene rings is 1. The maximum absolute atomic E-state index is 11.9. The molecular weight excluding hydrogens is 380 g/mol. The molecule has 5 heteroatoms. The Hall–Kier alpha value is 0.130. The standard InChI is InChI=1S/C13H18Br2O2S/c1-3-4-5-6-7-9(2)17-13(16)10-8-11(14)18-12(10)15/h8-9H,3-7H2,1-2H3/t9-/m1/s1. The van der Waals surface area contributed by atoms with Crippen LogP contribution in [0.4, 0.5) is 0 Å². The van der Waals surface area contributed by atoms with Crippen molar-refractivity contribution in [2.45, 2.75) is 52.1 Å². The molecule has 102 valence electrons. The van der Waals surface area contributed by atoms with Gasteiger partial charge >= 0.3 is 5.97 Å². The smallest absolute Gasteiger partial charge is 0.340 e. The predicted octanol–water partition coefficient (Wildman–Crippen LogP) is 5.79. The number of unbranched alkanes of at least 4 members (excludes halogenated alkanes) is 3. The molecule has 0 bridgehead atoms. The van der Waals surface area contributed by atoms with Crippen LogP contribution in [0.5, 0.6) is 0 Å². The van der Waals surface area contributed by atoms with E-state index in [0.717, 1.165) is 20.4 Å². The van der Waals surface area contributed by atoms with Crippen molar-refractivity contribution in [3.63, 3.8) is 0 Å². The molecule has 18 heavy (non-hydrogen) atoms. The van der Waals surface area contributed by atoms with Crippen LogP contribution < -0.4 is 0 Å². The molecule has 0 radical (unpaired) electrons. The molecule has 0 amide bonds. The van der Waals surface area contributed by atoms with Gasteiger partial charge in [-0.15, -0.1) is 11.3 Å². The van der Waals surface area contributed by atoms with E-state index in [1.54, 1.807) is 6.07 Å². The Balaban J connectivity index is 2.37. The molecule has 0 saturated heterocycles. The molecular formula is C13H18Br2O2S. The molecule has 1 aromatic heterocycles. The van der Waals surface area contributed by atoms with Gasteiger partial charge in [0.2, 0.25) is 0 Å². The first-order chi connectivity index (χ1) is 8.54. The van der Waals surface area contributed by atoms with Crippen LogP contribution in [0.1, 0.15) is 56.3 Å². The van der Waals surface area contributed by atoms with E-state index in [0.29, 0.717) is 5.56 Å². The highest BCUT2D eigenvalue weighted by Crippen LogP contribution is 2.32. The maximum atomic E-state index is 11.9. The highest BCUT2D eigenvalue weighted by atomic mass is 79.9. The van der Waals surface area contributed by atoms with Crippen LogP contribution in [0.2, 0.25) is 0 Å². The second kappa shape index (κ2) is 8.33. The molecule has 0 aliphatic heterocycles. The first-order valence-corrected chi connectivity index (χ1v) is 8.60. The SMILES string of the molecule is CCCCCC[C@@H](C)OC(=O)c1cc(Br)sc1Br. The van der Waals surface area contributed by atoms with E-state index < -0.39 is 0 Å². The third-order valence-corrected chi connectivity index (χ3v) is 4.99. The Bertz CT molecular complexity index is 390. The number of carbonyl (C=O) groups excluding carboxylic acids is 1. The molecule has 0 saturated carbocycles. The van der Waals surface area contributed by atoms with E-state index in [-0.39, 0.29) is 12.1 Å². The lowest BCUT2D eigenvalue weighted by atomic mass is 10.1. The maximum Gasteiger partial charge on any atom is 0.340 e. The zero-order chi connectivity index (χ0) is 13.5. The summed E-state index contributed by atoms with van der Waals surface area (Å²) in [6, 6.07) is 1.79. The first kappa shape index (κ1) is 16.2. The van der Waals surface area contributed by atoms with Crippen molar-refractivity contribution in [3.05, 3.63) is 19.2 Å². The Labute approximate surface area is 129 Å². The normalized spacial score (nSPS) is 12.4. The Morgan fingerprint density at radius 3 is 2.67 bits per heavy atom. The topological polar surface area (TPSA) is 26.3 Å². The van der Waals surface area contributed by atoms with E-state index in [1.807, 2.05) is 6.92 Å². The van der Waals surface area contributed by atoms with Crippen molar-refractivity contribution in [1.82, 2.24) is 0 Å². The summed E-state index contributed by atoms with van der Waals surface area (Å²) in [5, 5.41) is 0. The van der Waals surface area contributed by atoms with Gasteiger partial charge in [0.1, 0.15) is 0 Å². The Kier molecular flexibility index (Phi) is 7.49. The van der Waals surface area contributed by atoms with Crippen molar-refractivity contribution in [2.24, 2.45) is 0 Å². The van der Waals surface area contributed by atoms with E-state index in [2.05, 4.69) is 38.8 Å². The van der Waals surface area contributed by atoms with E-state index in [4.69, 9.17) is 4.74 Å². The minimum absolute atomic E-state index is 0.0140. The third kappa shape index (κ3) is 5.41. The van der Waals surface area contributed by atoms with Gasteiger partial charge in [0.05, 0.1) is 19.2 Å². The summed E-state index contributed by atoms with van der Waals surface area (Å²) >= 11 is 8.21. The summed E-state index contributed by atoms with van der Waals surface area (Å²) in [5.41, 5.74) is 0.604. The number of esters is 1. The zero-order valence-electron chi connectivity index (χ0n) is 10.7. The van der Waals surface area contributed by atoms with Gasteiger partial charge in [-0.3, -0.25) is 0 Å². The van der Waals surface area contributed by atoms with Crippen LogP contribution in [0, 0.1) is 0 Å². The predicted molar refractivity (Wildman–Crippen MR) is 83.4 cm³/mol. The highest BCUT2D eigenvalue weighted by Gasteiger charge is 2.17. The van der Waals surface area contributed by atoms with Gasteiger partial charge in [0, 0.05) is 0 Å². The van der Waals surface area contributed by atoms with Crippen molar-refractivity contribution in [3.8, 4) is 0 Å². The minimum atomic E-state index is -0.244. The molecule has 0 spiro atoms. The number of carbonyl (C=O) groups is 1. The average Bonchev–Trinajstić information content (AvgIpc) is 2.64. The number of halogens is 2. The fraction of sp³-hybridized carbons (Fsp3) is 0.615. The molecule has 2 nitrogen and oxygen atoms in total. The summed E-state index contributed by atoms with van der Waals surface area (Å²) in [5.74, 6) is -0.244. The molecule has 1 heterocycles. The largest absolute Gasteiger partial charge is 0.459 e. The molecule has 0 aromatic carbocycles. The quantitative estimate of drug-likeness (QED) is 0.430. The number of rotatable bonds is 7. The summed E-state index contributed by atoms with van der Waals surface area (Å²) < 4.78 is 7.17. The second-order valence-electron chi connectivity index (χ2n) is 4.30. The van der Waals surface area contributed by atoms with Gasteiger partial charge in [-0.05, 0) is 57.7 Å². The van der Waals surface area contributed by atoms with Crippen molar-refractivity contribution >= 4 is 49.2 Å². The van der Waals surface area contributed by atoms with Gasteiger partial charge in [-0.2, -0.15) is 0 Å². The average molecular weight is 398 g/mol. The molecule has 0 aliphatic carbocycles. The van der Waals surface area contributed by atoms with Gasteiger partial charge in [0.15, 0.2) is 0 Å². The minimum Gasteiger partial charge on any atom is -0.459 e. The fourth-order valence-corrected chi connectivity index (χ4v) is 4.41. The van der Waals surface area contributed by atoms with E-state index >= 15 is 0 Å². The van der Waals surface area contributed by atoms with Crippen LogP contribution in [0.25, 0.3) is 0 Å². The van der Waals surface area contributed by atoms with Gasteiger partial charge in [-0.1, -0.05) is 26.2 Å². The molecule has 1 atom stereocenters. The fourth-order valence-electron chi connectivity index (χ4n) is 1.64. The first-order valence-electron chi connectivity index (χ1n) is 6.20. The molecule has 0 aliphatic rings. The van der Waals surface area contributed by atoms with Crippen LogP contribution in [0.3, 0.4) is 0 Å². The summed E-state index contributed by atoms with van der Waals surface area (Å²) in [7, 11) is 0. The van der Waals surface area contributed by atoms with E-state index in [1.165, 1.54) is 30.6 Å². The third-order valence-electron chi connectivity index (χ3n) is 2.65. The van der Waals surface area contributed by atoms with Gasteiger partial charge < -0.3 is 4.74 Å². The van der Waals surface area contributed by atoms with Crippen LogP contribution in [-0.4, -0.2) is 12.1 Å². The lowest BCUT2D eigenvalue weighted by Gasteiger charge is -2.12. The summed E-state index contributed by atoms with van der Waals surface area (Å²) in [6.07, 6.45) is 5.74. The van der Waals surface area contributed by atoms with Gasteiger partial charge in [-0.25, -0.2) is 4.79 Å². The molecule has 0 N–H and O–H groups in total. The monoisotopic (exact) mass is 396 g/mol. The Morgan fingerprint density at radius 1 is 1.39 bits per heavy atom. The second-order valence-corrected chi connectivity index (χ2v) is 8.05. The summed E-state index contributed by atoms with van der Waals surface area (Å²) in [6.45, 7) is 4.15. The molecule has 1 rings (SSSR count). The number of hydrogen-bond acceptors (Lipinski definition) is 3. The Morgan fingerprint density at radius 2 is 2.11 bits per heavy atom. The lowest BCUT2D eigenvalue weighted by molar-refractivity contribution is 0.0319. The van der Waals surface area contributed by atoms with Crippen molar-refractivity contribution in [2.75, 3.05) is 0 Å². The van der Waals surface area contributed by atoms with Crippen LogP contribution in [-0.2, 0) is 4.74 Å². The highest BCUT2D eigenvalue weighted by molar-refractivity contribution is 9.12. The van der Waals surface area contributed by atoms with Crippen molar-refractivity contribution < 1.29 is 9.53 Å². The zero-order valence-corrected chi connectivity index (χ0v) is 14.7. The molecule has 0 fully saturated rings. The van der Waals surface area contributed by atoms with E-state index in [9.17, 15) is 4.79 Å². The van der Waals surface area contributed by atoms with Crippen LogP contribution >= 0.6 is 43.2 Å². The number of ether oxygens (including phenoxy) is 1. The number of hydrogen-bond donors (Lipinski definition) is 0. The lowest BCUT2D eigenvalue weighted by Crippen LogP contribution is -2.14. The molecule has 1 aromatic rings. The molecule has 0 unspecified atom stereocenters. The summed E-state index contributed by atoms with van der Waals surface area (Å²) in [4.78, 5) is 11.9. The van der Waals surface area contributed by atoms with Crippen molar-refractivity contribution in [1.29, 1.82) is 0 Å².